The van der Waals surface area contributed by atoms with Gasteiger partial charge in [-0.15, -0.1) is 0 Å². The number of methoxy groups -OCH3 is 1. The summed E-state index contributed by atoms with van der Waals surface area (Å²) in [5.74, 6) is 0.693. The van der Waals surface area contributed by atoms with E-state index in [4.69, 9.17) is 10.5 Å². The van der Waals surface area contributed by atoms with Gasteiger partial charge in [0.2, 0.25) is 0 Å². The van der Waals surface area contributed by atoms with Crippen LogP contribution in [0.4, 0.5) is 5.69 Å². The summed E-state index contributed by atoms with van der Waals surface area (Å²) in [7, 11) is 1.59. The molecule has 5 heteroatoms. The van der Waals surface area contributed by atoms with Crippen LogP contribution in [0.2, 0.25) is 0 Å². The summed E-state index contributed by atoms with van der Waals surface area (Å²) in [6, 6.07) is 10.8. The van der Waals surface area contributed by atoms with Gasteiger partial charge < -0.3 is 10.5 Å². The van der Waals surface area contributed by atoms with Gasteiger partial charge in [-0.1, -0.05) is 31.9 Å². The minimum Gasteiger partial charge on any atom is -0.496 e. The van der Waals surface area contributed by atoms with Crippen molar-refractivity contribution >= 4 is 43.3 Å². The van der Waals surface area contributed by atoms with E-state index in [9.17, 15) is 4.79 Å². The lowest BCUT2D eigenvalue weighted by atomic mass is 10.0. The molecule has 0 fully saturated rings. The standard InChI is InChI=1S/C15H13Br2NO2/c1-20-15-3-2-11(16)5-10(15)7-14(19)9-4-12(17)8-13(18)6-9/h2-6,8H,7,18H2,1H3. The SMILES string of the molecule is COc1ccc(Br)cc1CC(=O)c1cc(N)cc(Br)c1. The topological polar surface area (TPSA) is 52.3 Å². The van der Waals surface area contributed by atoms with E-state index in [1.54, 1.807) is 25.3 Å². The molecule has 0 radical (unpaired) electrons. The fraction of sp³-hybridized carbons (Fsp3) is 0.133. The zero-order valence-electron chi connectivity index (χ0n) is 10.8. The fourth-order valence-corrected chi connectivity index (χ4v) is 2.85. The maximum absolute atomic E-state index is 12.4. The largest absolute Gasteiger partial charge is 0.496 e. The minimum atomic E-state index is -0.00519. The van der Waals surface area contributed by atoms with Crippen LogP contribution in [0.25, 0.3) is 0 Å². The van der Waals surface area contributed by atoms with E-state index >= 15 is 0 Å². The van der Waals surface area contributed by atoms with Gasteiger partial charge in [-0.3, -0.25) is 4.79 Å². The van der Waals surface area contributed by atoms with Crippen LogP contribution in [-0.4, -0.2) is 12.9 Å². The Kier molecular flexibility index (Phi) is 4.83. The lowest BCUT2D eigenvalue weighted by Gasteiger charge is -2.09. The molecule has 2 N–H and O–H groups in total. The molecule has 2 aromatic rings. The Morgan fingerprint density at radius 2 is 1.90 bits per heavy atom. The molecular formula is C15H13Br2NO2. The Bertz CT molecular complexity index is 636. The van der Waals surface area contributed by atoms with Crippen LogP contribution >= 0.6 is 31.9 Å². The second-order valence-corrected chi connectivity index (χ2v) is 6.16. The van der Waals surface area contributed by atoms with E-state index in [1.165, 1.54) is 0 Å². The van der Waals surface area contributed by atoms with Gasteiger partial charge in [0, 0.05) is 32.2 Å². The van der Waals surface area contributed by atoms with Crippen molar-refractivity contribution in [3.05, 3.63) is 56.5 Å². The van der Waals surface area contributed by atoms with Gasteiger partial charge in [0.05, 0.1) is 7.11 Å². The van der Waals surface area contributed by atoms with Crippen molar-refractivity contribution in [2.45, 2.75) is 6.42 Å². The maximum atomic E-state index is 12.4. The summed E-state index contributed by atoms with van der Waals surface area (Å²) in [5, 5.41) is 0. The summed E-state index contributed by atoms with van der Waals surface area (Å²) >= 11 is 6.74. The first-order valence-electron chi connectivity index (χ1n) is 5.91. The van der Waals surface area contributed by atoms with Crippen LogP contribution in [0.1, 0.15) is 15.9 Å². The highest BCUT2D eigenvalue weighted by Gasteiger charge is 2.12. The molecule has 2 aromatic carbocycles. The number of ketones is 1. The number of anilines is 1. The van der Waals surface area contributed by atoms with E-state index in [0.717, 1.165) is 14.5 Å². The second-order valence-electron chi connectivity index (χ2n) is 4.33. The lowest BCUT2D eigenvalue weighted by Crippen LogP contribution is -2.06. The van der Waals surface area contributed by atoms with Crippen LogP contribution in [0.5, 0.6) is 5.75 Å². The summed E-state index contributed by atoms with van der Waals surface area (Å²) in [5.41, 5.74) is 7.74. The highest BCUT2D eigenvalue weighted by atomic mass is 79.9. The quantitative estimate of drug-likeness (QED) is 0.619. The first kappa shape index (κ1) is 15.1. The average molecular weight is 399 g/mol. The number of hydrogen-bond acceptors (Lipinski definition) is 3. The average Bonchev–Trinajstić information content (AvgIpc) is 2.37. The molecule has 0 spiro atoms. The number of carbonyl (C=O) groups excluding carboxylic acids is 1. The summed E-state index contributed by atoms with van der Waals surface area (Å²) in [4.78, 5) is 12.4. The number of hydrogen-bond donors (Lipinski definition) is 1. The van der Waals surface area contributed by atoms with Crippen LogP contribution < -0.4 is 10.5 Å². The molecule has 3 nitrogen and oxygen atoms in total. The molecule has 104 valence electrons. The number of Topliss-reactive ketones (excluding diaryl/α,β-unsaturated/α-hetero) is 1. The van der Waals surface area contributed by atoms with E-state index in [2.05, 4.69) is 31.9 Å². The summed E-state index contributed by atoms with van der Waals surface area (Å²) in [6.07, 6.45) is 0.262. The lowest BCUT2D eigenvalue weighted by molar-refractivity contribution is 0.0992. The molecule has 0 aliphatic carbocycles. The third kappa shape index (κ3) is 3.61. The van der Waals surface area contributed by atoms with Gasteiger partial charge in [0.1, 0.15) is 5.75 Å². The molecule has 0 unspecified atom stereocenters. The Balaban J connectivity index is 2.29. The van der Waals surface area contributed by atoms with E-state index in [-0.39, 0.29) is 12.2 Å². The molecular weight excluding hydrogens is 386 g/mol. The maximum Gasteiger partial charge on any atom is 0.167 e. The zero-order valence-corrected chi connectivity index (χ0v) is 14.0. The smallest absolute Gasteiger partial charge is 0.167 e. The van der Waals surface area contributed by atoms with Crippen LogP contribution in [-0.2, 0) is 6.42 Å². The van der Waals surface area contributed by atoms with Gasteiger partial charge in [-0.25, -0.2) is 0 Å². The van der Waals surface area contributed by atoms with Crippen molar-refractivity contribution in [1.82, 2.24) is 0 Å². The number of rotatable bonds is 4. The van der Waals surface area contributed by atoms with Crippen molar-refractivity contribution in [2.24, 2.45) is 0 Å². The van der Waals surface area contributed by atoms with E-state index in [0.29, 0.717) is 17.0 Å². The Labute approximate surface area is 134 Å². The number of nitrogen functional groups attached to an aromatic ring is 1. The predicted molar refractivity (Wildman–Crippen MR) is 87.3 cm³/mol. The molecule has 0 saturated heterocycles. The Morgan fingerprint density at radius 3 is 2.55 bits per heavy atom. The van der Waals surface area contributed by atoms with Crippen molar-refractivity contribution < 1.29 is 9.53 Å². The second kappa shape index (κ2) is 6.41. The molecule has 0 amide bonds. The first-order chi connectivity index (χ1) is 9.49. The number of benzene rings is 2. The van der Waals surface area contributed by atoms with Gasteiger partial charge in [0.25, 0.3) is 0 Å². The molecule has 20 heavy (non-hydrogen) atoms. The van der Waals surface area contributed by atoms with Crippen molar-refractivity contribution in [3.8, 4) is 5.75 Å². The molecule has 0 atom stereocenters. The zero-order chi connectivity index (χ0) is 14.7. The number of ether oxygens (including phenoxy) is 1. The highest BCUT2D eigenvalue weighted by molar-refractivity contribution is 9.10. The molecule has 2 rings (SSSR count). The molecule has 0 aliphatic heterocycles. The molecule has 0 aliphatic rings. The van der Waals surface area contributed by atoms with Crippen LogP contribution in [0.3, 0.4) is 0 Å². The van der Waals surface area contributed by atoms with Gasteiger partial charge >= 0.3 is 0 Å². The number of halogens is 2. The summed E-state index contributed by atoms with van der Waals surface area (Å²) < 4.78 is 6.98. The van der Waals surface area contributed by atoms with Gasteiger partial charge in [0.15, 0.2) is 5.78 Å². The molecule has 0 saturated carbocycles. The molecule has 0 bridgehead atoms. The third-order valence-corrected chi connectivity index (χ3v) is 3.79. The van der Waals surface area contributed by atoms with Crippen LogP contribution in [0, 0.1) is 0 Å². The van der Waals surface area contributed by atoms with E-state index < -0.39 is 0 Å². The Hall–Kier alpha value is -1.33. The Morgan fingerprint density at radius 1 is 1.15 bits per heavy atom. The van der Waals surface area contributed by atoms with Gasteiger partial charge in [-0.05, 0) is 36.4 Å². The highest BCUT2D eigenvalue weighted by Crippen LogP contribution is 2.25. The van der Waals surface area contributed by atoms with E-state index in [1.807, 2.05) is 18.2 Å². The first-order valence-corrected chi connectivity index (χ1v) is 7.50. The van der Waals surface area contributed by atoms with Gasteiger partial charge in [-0.2, -0.15) is 0 Å². The number of carbonyl (C=O) groups is 1. The van der Waals surface area contributed by atoms with Crippen LogP contribution in [0.15, 0.2) is 45.3 Å². The monoisotopic (exact) mass is 397 g/mol. The normalized spacial score (nSPS) is 10.3. The predicted octanol–water partition coefficient (Wildman–Crippen LogP) is 4.23. The fourth-order valence-electron chi connectivity index (χ4n) is 1.93. The van der Waals surface area contributed by atoms with Crippen molar-refractivity contribution in [1.29, 1.82) is 0 Å². The molecule has 0 aromatic heterocycles. The minimum absolute atomic E-state index is 0.00519. The van der Waals surface area contributed by atoms with Crippen molar-refractivity contribution in [3.63, 3.8) is 0 Å². The third-order valence-electron chi connectivity index (χ3n) is 2.84. The van der Waals surface area contributed by atoms with Crippen molar-refractivity contribution in [2.75, 3.05) is 12.8 Å². The number of nitrogens with two attached hydrogens (primary N) is 1. The summed E-state index contributed by atoms with van der Waals surface area (Å²) in [6.45, 7) is 0. The molecule has 0 heterocycles.